The van der Waals surface area contributed by atoms with Crippen LogP contribution >= 0.6 is 0 Å². The number of nitriles is 1. The number of nitrogens with zero attached hydrogens (tertiary/aromatic N) is 2. The molecule has 1 aromatic heterocycles. The van der Waals surface area contributed by atoms with Crippen LogP contribution in [-0.4, -0.2) is 37.0 Å². The Labute approximate surface area is 150 Å². The number of furan rings is 1. The van der Waals surface area contributed by atoms with Gasteiger partial charge in [-0.1, -0.05) is 36.4 Å². The lowest BCUT2D eigenvalue weighted by atomic mass is 10.1. The van der Waals surface area contributed by atoms with Gasteiger partial charge in [0.05, 0.1) is 12.5 Å². The first kappa shape index (κ1) is 17.5. The number of esters is 1. The van der Waals surface area contributed by atoms with Crippen molar-refractivity contribution in [1.82, 2.24) is 4.90 Å². The molecule has 1 heterocycles. The summed E-state index contributed by atoms with van der Waals surface area (Å²) in [4.78, 5) is 25.7. The maximum Gasteiger partial charge on any atom is 0.375 e. The first-order valence-electron chi connectivity index (χ1n) is 8.22. The monoisotopic (exact) mass is 350 g/mol. The van der Waals surface area contributed by atoms with E-state index in [-0.39, 0.29) is 18.1 Å². The van der Waals surface area contributed by atoms with Crippen LogP contribution in [0.2, 0.25) is 0 Å². The van der Waals surface area contributed by atoms with Crippen LogP contribution in [0.25, 0.3) is 21.7 Å². The average Bonchev–Trinajstić information content (AvgIpc) is 3.01. The standard InChI is InChI=1S/C20H18N2O4/c1-13-15-9-8-14-6-3-4-7-16(14)19(15)26-18(13)20(24)25-12-17(23)22(2)11-5-10-21/h3-4,6-9H,5,11-12H2,1-2H3. The van der Waals surface area contributed by atoms with Gasteiger partial charge in [0.2, 0.25) is 5.76 Å². The molecule has 0 unspecified atom stereocenters. The Hall–Kier alpha value is -3.33. The first-order valence-corrected chi connectivity index (χ1v) is 8.22. The van der Waals surface area contributed by atoms with E-state index in [1.54, 1.807) is 14.0 Å². The molecule has 0 bridgehead atoms. The highest BCUT2D eigenvalue weighted by atomic mass is 16.5. The zero-order valence-corrected chi connectivity index (χ0v) is 14.6. The molecule has 0 aliphatic rings. The van der Waals surface area contributed by atoms with Crippen molar-refractivity contribution >= 4 is 33.6 Å². The van der Waals surface area contributed by atoms with Crippen LogP contribution in [0.15, 0.2) is 40.8 Å². The second-order valence-corrected chi connectivity index (χ2v) is 6.02. The lowest BCUT2D eigenvalue weighted by Crippen LogP contribution is -2.31. The van der Waals surface area contributed by atoms with E-state index in [9.17, 15) is 9.59 Å². The van der Waals surface area contributed by atoms with Gasteiger partial charge in [0.15, 0.2) is 6.61 Å². The highest BCUT2D eigenvalue weighted by Crippen LogP contribution is 2.31. The van der Waals surface area contributed by atoms with Crippen LogP contribution in [0.4, 0.5) is 0 Å². The van der Waals surface area contributed by atoms with Crippen molar-refractivity contribution < 1.29 is 18.7 Å². The predicted molar refractivity (Wildman–Crippen MR) is 96.6 cm³/mol. The van der Waals surface area contributed by atoms with E-state index in [1.165, 1.54) is 4.90 Å². The molecule has 2 aromatic carbocycles. The lowest BCUT2D eigenvalue weighted by Gasteiger charge is -2.14. The molecule has 132 valence electrons. The van der Waals surface area contributed by atoms with Crippen molar-refractivity contribution in [1.29, 1.82) is 5.26 Å². The van der Waals surface area contributed by atoms with Crippen LogP contribution in [0.1, 0.15) is 22.5 Å². The fourth-order valence-electron chi connectivity index (χ4n) is 2.79. The van der Waals surface area contributed by atoms with E-state index in [1.807, 2.05) is 42.5 Å². The van der Waals surface area contributed by atoms with Crippen molar-refractivity contribution in [2.45, 2.75) is 13.3 Å². The summed E-state index contributed by atoms with van der Waals surface area (Å²) in [5, 5.41) is 11.3. The molecule has 26 heavy (non-hydrogen) atoms. The maximum atomic E-state index is 12.4. The van der Waals surface area contributed by atoms with Crippen LogP contribution in [0, 0.1) is 18.3 Å². The molecule has 0 aliphatic heterocycles. The Balaban J connectivity index is 1.81. The van der Waals surface area contributed by atoms with Gasteiger partial charge in [0.25, 0.3) is 5.91 Å². The highest BCUT2D eigenvalue weighted by molar-refractivity contribution is 6.08. The normalized spacial score (nSPS) is 10.7. The minimum absolute atomic E-state index is 0.101. The summed E-state index contributed by atoms with van der Waals surface area (Å²) in [5.41, 5.74) is 1.31. The third-order valence-corrected chi connectivity index (χ3v) is 4.33. The average molecular weight is 350 g/mol. The smallest absolute Gasteiger partial charge is 0.375 e. The Morgan fingerprint density at radius 3 is 2.73 bits per heavy atom. The van der Waals surface area contributed by atoms with E-state index in [2.05, 4.69) is 0 Å². The van der Waals surface area contributed by atoms with Gasteiger partial charge < -0.3 is 14.1 Å². The van der Waals surface area contributed by atoms with Crippen molar-refractivity contribution in [2.75, 3.05) is 20.2 Å². The Bertz CT molecular complexity index is 1030. The fraction of sp³-hybridized carbons (Fsp3) is 0.250. The molecule has 0 saturated heterocycles. The number of carbonyl (C=O) groups is 2. The number of aryl methyl sites for hydroxylation is 1. The molecule has 6 heteroatoms. The number of hydrogen-bond donors (Lipinski definition) is 0. The van der Waals surface area contributed by atoms with Gasteiger partial charge in [-0.3, -0.25) is 4.79 Å². The number of rotatable bonds is 5. The fourth-order valence-corrected chi connectivity index (χ4v) is 2.79. The molecule has 6 nitrogen and oxygen atoms in total. The minimum atomic E-state index is -0.676. The number of amides is 1. The Morgan fingerprint density at radius 2 is 1.96 bits per heavy atom. The molecule has 3 aromatic rings. The molecule has 0 radical (unpaired) electrons. The molecule has 1 amide bonds. The number of likely N-dealkylation sites (N-methyl/N-ethyl adjacent to an activating group) is 1. The summed E-state index contributed by atoms with van der Waals surface area (Å²) in [6.07, 6.45) is 0.228. The molecule has 0 saturated carbocycles. The number of carbonyl (C=O) groups excluding carboxylic acids is 2. The molecule has 3 rings (SSSR count). The molecule has 0 atom stereocenters. The first-order chi connectivity index (χ1) is 12.5. The SMILES string of the molecule is Cc1c(C(=O)OCC(=O)N(C)CCC#N)oc2c1ccc1ccccc12. The summed E-state index contributed by atoms with van der Waals surface area (Å²) in [6.45, 7) is 1.69. The highest BCUT2D eigenvalue weighted by Gasteiger charge is 2.21. The zero-order chi connectivity index (χ0) is 18.7. The number of ether oxygens (including phenoxy) is 1. The van der Waals surface area contributed by atoms with Crippen molar-refractivity contribution in [3.05, 3.63) is 47.7 Å². The number of hydrogen-bond acceptors (Lipinski definition) is 5. The van der Waals surface area contributed by atoms with Crippen molar-refractivity contribution in [2.24, 2.45) is 0 Å². The molecule has 0 spiro atoms. The summed E-state index contributed by atoms with van der Waals surface area (Å²) in [5.74, 6) is -0.943. The molecule has 0 aliphatic carbocycles. The van der Waals surface area contributed by atoms with Crippen LogP contribution < -0.4 is 0 Å². The summed E-state index contributed by atoms with van der Waals surface area (Å²) in [7, 11) is 1.56. The maximum absolute atomic E-state index is 12.4. The number of fused-ring (bicyclic) bond motifs is 3. The van der Waals surface area contributed by atoms with Crippen molar-refractivity contribution in [3.63, 3.8) is 0 Å². The van der Waals surface area contributed by atoms with Gasteiger partial charge in [0.1, 0.15) is 5.58 Å². The topological polar surface area (TPSA) is 83.5 Å². The van der Waals surface area contributed by atoms with E-state index >= 15 is 0 Å². The van der Waals surface area contributed by atoms with Crippen LogP contribution in [-0.2, 0) is 9.53 Å². The van der Waals surface area contributed by atoms with Gasteiger partial charge in [0, 0.05) is 29.9 Å². The van der Waals surface area contributed by atoms with E-state index in [0.717, 1.165) is 16.2 Å². The Kier molecular flexibility index (Phi) is 4.90. The van der Waals surface area contributed by atoms with Crippen molar-refractivity contribution in [3.8, 4) is 6.07 Å². The largest absolute Gasteiger partial charge is 0.450 e. The molecular formula is C20H18N2O4. The van der Waals surface area contributed by atoms with Crippen LogP contribution in [0.5, 0.6) is 0 Å². The minimum Gasteiger partial charge on any atom is -0.450 e. The Morgan fingerprint density at radius 1 is 1.19 bits per heavy atom. The van der Waals surface area contributed by atoms with Gasteiger partial charge >= 0.3 is 5.97 Å². The van der Waals surface area contributed by atoms with Gasteiger partial charge in [-0.2, -0.15) is 5.26 Å². The van der Waals surface area contributed by atoms with Crippen LogP contribution in [0.3, 0.4) is 0 Å². The zero-order valence-electron chi connectivity index (χ0n) is 14.6. The van der Waals surface area contributed by atoms with Gasteiger partial charge in [-0.25, -0.2) is 4.79 Å². The summed E-state index contributed by atoms with van der Waals surface area (Å²) >= 11 is 0. The quantitative estimate of drug-likeness (QED) is 0.658. The summed E-state index contributed by atoms with van der Waals surface area (Å²) in [6, 6.07) is 13.6. The third kappa shape index (κ3) is 3.24. The van der Waals surface area contributed by atoms with E-state index in [0.29, 0.717) is 17.7 Å². The lowest BCUT2D eigenvalue weighted by molar-refractivity contribution is -0.133. The van der Waals surface area contributed by atoms with Gasteiger partial charge in [-0.05, 0) is 12.3 Å². The second kappa shape index (κ2) is 7.28. The summed E-state index contributed by atoms with van der Waals surface area (Å²) < 4.78 is 10.9. The number of benzene rings is 2. The third-order valence-electron chi connectivity index (χ3n) is 4.33. The second-order valence-electron chi connectivity index (χ2n) is 6.02. The molecule has 0 fully saturated rings. The predicted octanol–water partition coefficient (Wildman–Crippen LogP) is 3.42. The molecular weight excluding hydrogens is 332 g/mol. The van der Waals surface area contributed by atoms with E-state index < -0.39 is 12.6 Å². The van der Waals surface area contributed by atoms with Gasteiger partial charge in [-0.15, -0.1) is 0 Å². The van der Waals surface area contributed by atoms with E-state index in [4.69, 9.17) is 14.4 Å². The molecule has 0 N–H and O–H groups in total.